The number of nitrogens with zero attached hydrogens (tertiary/aromatic N) is 3. The maximum absolute atomic E-state index is 13.5. The molecule has 0 aliphatic heterocycles. The van der Waals surface area contributed by atoms with Gasteiger partial charge in [0.15, 0.2) is 11.2 Å². The van der Waals surface area contributed by atoms with Gasteiger partial charge in [-0.2, -0.15) is 5.26 Å². The molecule has 0 aliphatic rings. The molecule has 1 unspecified atom stereocenters. The molecule has 3 N–H and O–H groups in total. The van der Waals surface area contributed by atoms with Crippen molar-refractivity contribution in [1.29, 1.82) is 5.26 Å². The molecule has 3 aromatic carbocycles. The Hall–Kier alpha value is -4.78. The Kier molecular flexibility index (Phi) is 5.84. The molecule has 5 rings (SSSR count). The number of fused-ring (bicyclic) bond motifs is 1. The van der Waals surface area contributed by atoms with Crippen molar-refractivity contribution in [2.45, 2.75) is 10.5 Å². The van der Waals surface area contributed by atoms with E-state index in [2.05, 4.69) is 4.98 Å². The standard InChI is InChI=1S/C28H20N4O4S/c29-16-19-14-24-25(18-32(26(24)31-17-19)37(35,36)23-12-5-2-6-13-23)20-8-7-11-22(15-20)28(34,27(30)33)21-9-3-1-4-10-21/h1-15,17-18,34H,(H2,30,33). The summed E-state index contributed by atoms with van der Waals surface area (Å²) in [7, 11) is -4.02. The zero-order valence-electron chi connectivity index (χ0n) is 19.3. The molecular formula is C28H20N4O4S. The van der Waals surface area contributed by atoms with Gasteiger partial charge in [-0.1, -0.05) is 66.7 Å². The molecule has 1 amide bonds. The molecule has 0 saturated heterocycles. The summed E-state index contributed by atoms with van der Waals surface area (Å²) in [6.07, 6.45) is 2.73. The Morgan fingerprint density at radius 3 is 2.24 bits per heavy atom. The second-order valence-electron chi connectivity index (χ2n) is 8.39. The summed E-state index contributed by atoms with van der Waals surface area (Å²) in [5.41, 5.74) is 5.36. The number of carbonyl (C=O) groups excluding carboxylic acids is 1. The summed E-state index contributed by atoms with van der Waals surface area (Å²) >= 11 is 0. The number of primary amides is 1. The van der Waals surface area contributed by atoms with Gasteiger partial charge in [0.1, 0.15) is 6.07 Å². The first-order valence-corrected chi connectivity index (χ1v) is 12.6. The Balaban J connectivity index is 1.75. The van der Waals surface area contributed by atoms with Crippen LogP contribution in [0.5, 0.6) is 0 Å². The highest BCUT2D eigenvalue weighted by molar-refractivity contribution is 7.90. The number of pyridine rings is 1. The number of aromatic nitrogens is 2. The van der Waals surface area contributed by atoms with Crippen LogP contribution in [0.1, 0.15) is 16.7 Å². The third-order valence-corrected chi connectivity index (χ3v) is 7.84. The quantitative estimate of drug-likeness (QED) is 0.360. The van der Waals surface area contributed by atoms with Gasteiger partial charge in [-0.3, -0.25) is 4.79 Å². The average molecular weight is 509 g/mol. The van der Waals surface area contributed by atoms with Crippen LogP contribution in [-0.4, -0.2) is 28.4 Å². The van der Waals surface area contributed by atoms with E-state index in [0.29, 0.717) is 22.1 Å². The predicted octanol–water partition coefficient (Wildman–Crippen LogP) is 3.53. The number of hydrogen-bond donors (Lipinski definition) is 2. The van der Waals surface area contributed by atoms with E-state index in [4.69, 9.17) is 5.73 Å². The Bertz CT molecular complexity index is 1790. The van der Waals surface area contributed by atoms with Crippen molar-refractivity contribution in [2.24, 2.45) is 5.73 Å². The van der Waals surface area contributed by atoms with E-state index >= 15 is 0 Å². The highest BCUT2D eigenvalue weighted by Gasteiger charge is 2.38. The molecule has 2 aromatic heterocycles. The lowest BCUT2D eigenvalue weighted by Crippen LogP contribution is -2.42. The van der Waals surface area contributed by atoms with E-state index in [-0.39, 0.29) is 21.7 Å². The molecule has 8 nitrogen and oxygen atoms in total. The number of carbonyl (C=O) groups is 1. The fourth-order valence-corrected chi connectivity index (χ4v) is 5.65. The summed E-state index contributed by atoms with van der Waals surface area (Å²) in [6, 6.07) is 26.3. The van der Waals surface area contributed by atoms with E-state index in [1.807, 2.05) is 6.07 Å². The van der Waals surface area contributed by atoms with Gasteiger partial charge < -0.3 is 10.8 Å². The van der Waals surface area contributed by atoms with Crippen LogP contribution in [0.15, 0.2) is 108 Å². The molecule has 2 heterocycles. The van der Waals surface area contributed by atoms with Crippen molar-refractivity contribution < 1.29 is 18.3 Å². The molecule has 0 aliphatic carbocycles. The highest BCUT2D eigenvalue weighted by Crippen LogP contribution is 2.36. The topological polar surface area (TPSA) is 139 Å². The van der Waals surface area contributed by atoms with Gasteiger partial charge in [0.2, 0.25) is 0 Å². The number of nitrogens with two attached hydrogens (primary N) is 1. The van der Waals surface area contributed by atoms with Crippen molar-refractivity contribution in [3.05, 3.63) is 120 Å². The monoisotopic (exact) mass is 508 g/mol. The highest BCUT2D eigenvalue weighted by atomic mass is 32.2. The number of aliphatic hydroxyl groups is 1. The molecule has 182 valence electrons. The maximum Gasteiger partial charge on any atom is 0.269 e. The van der Waals surface area contributed by atoms with E-state index < -0.39 is 21.5 Å². The largest absolute Gasteiger partial charge is 0.372 e. The minimum Gasteiger partial charge on any atom is -0.372 e. The molecule has 0 spiro atoms. The molecule has 0 radical (unpaired) electrons. The van der Waals surface area contributed by atoms with Crippen LogP contribution >= 0.6 is 0 Å². The van der Waals surface area contributed by atoms with E-state index in [1.165, 1.54) is 24.5 Å². The Morgan fingerprint density at radius 1 is 0.946 bits per heavy atom. The van der Waals surface area contributed by atoms with Gasteiger partial charge in [0.25, 0.3) is 15.9 Å². The zero-order valence-corrected chi connectivity index (χ0v) is 20.1. The first kappa shape index (κ1) is 23.9. The lowest BCUT2D eigenvalue weighted by atomic mass is 9.84. The predicted molar refractivity (Wildman–Crippen MR) is 138 cm³/mol. The van der Waals surface area contributed by atoms with Crippen molar-refractivity contribution >= 4 is 27.0 Å². The minimum atomic E-state index is -4.02. The van der Waals surface area contributed by atoms with Crippen LogP contribution in [0.3, 0.4) is 0 Å². The number of rotatable bonds is 6. The van der Waals surface area contributed by atoms with Crippen LogP contribution < -0.4 is 5.73 Å². The van der Waals surface area contributed by atoms with Crippen molar-refractivity contribution in [2.75, 3.05) is 0 Å². The number of amides is 1. The summed E-state index contributed by atoms with van der Waals surface area (Å²) in [6.45, 7) is 0. The molecular weight excluding hydrogens is 488 g/mol. The van der Waals surface area contributed by atoms with Gasteiger partial charge in [-0.05, 0) is 41.0 Å². The summed E-state index contributed by atoms with van der Waals surface area (Å²) < 4.78 is 28.1. The zero-order chi connectivity index (χ0) is 26.2. The maximum atomic E-state index is 13.5. The second-order valence-corrected chi connectivity index (χ2v) is 10.2. The minimum absolute atomic E-state index is 0.0746. The Labute approximate surface area is 212 Å². The van der Waals surface area contributed by atoms with E-state index in [9.17, 15) is 23.6 Å². The fraction of sp³-hybridized carbons (Fsp3) is 0.0357. The van der Waals surface area contributed by atoms with E-state index in [0.717, 1.165) is 3.97 Å². The van der Waals surface area contributed by atoms with Crippen molar-refractivity contribution in [3.63, 3.8) is 0 Å². The second kappa shape index (κ2) is 9.02. The molecule has 0 fully saturated rings. The molecule has 5 aromatic rings. The Morgan fingerprint density at radius 2 is 1.59 bits per heavy atom. The normalized spacial score (nSPS) is 13.1. The van der Waals surface area contributed by atoms with Crippen molar-refractivity contribution in [1.82, 2.24) is 8.96 Å². The van der Waals surface area contributed by atoms with Crippen LogP contribution in [-0.2, 0) is 20.4 Å². The van der Waals surface area contributed by atoms with Gasteiger partial charge in [0, 0.05) is 23.3 Å². The number of hydrogen-bond acceptors (Lipinski definition) is 6. The molecule has 0 saturated carbocycles. The molecule has 1 atom stereocenters. The number of benzene rings is 3. The van der Waals surface area contributed by atoms with Crippen LogP contribution in [0, 0.1) is 11.3 Å². The third kappa shape index (κ3) is 3.94. The van der Waals surface area contributed by atoms with Gasteiger partial charge in [-0.25, -0.2) is 17.4 Å². The first-order chi connectivity index (χ1) is 17.8. The third-order valence-electron chi connectivity index (χ3n) is 6.18. The molecule has 9 heteroatoms. The fourth-order valence-electron chi connectivity index (χ4n) is 4.30. The lowest BCUT2D eigenvalue weighted by molar-refractivity contribution is -0.133. The van der Waals surface area contributed by atoms with Crippen LogP contribution in [0.4, 0.5) is 0 Å². The summed E-state index contributed by atoms with van der Waals surface area (Å²) in [5, 5.41) is 21.3. The summed E-state index contributed by atoms with van der Waals surface area (Å²) in [5.74, 6) is -0.960. The number of nitriles is 1. The SMILES string of the molecule is N#Cc1cnc2c(c1)c(-c1cccc(C(O)(C(N)=O)c3ccccc3)c1)cn2S(=O)(=O)c1ccccc1. The van der Waals surface area contributed by atoms with Crippen LogP contribution in [0.25, 0.3) is 22.2 Å². The van der Waals surface area contributed by atoms with Gasteiger partial charge in [-0.15, -0.1) is 0 Å². The molecule has 0 bridgehead atoms. The van der Waals surface area contributed by atoms with Gasteiger partial charge >= 0.3 is 0 Å². The smallest absolute Gasteiger partial charge is 0.269 e. The van der Waals surface area contributed by atoms with Crippen LogP contribution in [0.2, 0.25) is 0 Å². The van der Waals surface area contributed by atoms with E-state index in [1.54, 1.807) is 78.9 Å². The van der Waals surface area contributed by atoms with Gasteiger partial charge in [0.05, 0.1) is 10.5 Å². The summed E-state index contributed by atoms with van der Waals surface area (Å²) in [4.78, 5) is 16.9. The first-order valence-electron chi connectivity index (χ1n) is 11.2. The van der Waals surface area contributed by atoms with Crippen molar-refractivity contribution in [3.8, 4) is 17.2 Å². The average Bonchev–Trinajstić information content (AvgIpc) is 3.33. The lowest BCUT2D eigenvalue weighted by Gasteiger charge is -2.26. The molecule has 37 heavy (non-hydrogen) atoms.